The molecule has 2 rings (SSSR count). The van der Waals surface area contributed by atoms with Gasteiger partial charge in [0.25, 0.3) is 5.91 Å². The van der Waals surface area contributed by atoms with E-state index in [0.29, 0.717) is 5.92 Å². The van der Waals surface area contributed by atoms with Crippen molar-refractivity contribution in [3.05, 3.63) is 34.9 Å². The molecule has 0 aromatic heterocycles. The maximum atomic E-state index is 12.6. The van der Waals surface area contributed by atoms with Crippen LogP contribution in [0.25, 0.3) is 0 Å². The number of piperidine rings is 1. The van der Waals surface area contributed by atoms with Crippen LogP contribution in [0.3, 0.4) is 0 Å². The van der Waals surface area contributed by atoms with E-state index in [1.54, 1.807) is 0 Å². The van der Waals surface area contributed by atoms with Crippen LogP contribution < -0.4 is 0 Å². The highest BCUT2D eigenvalue weighted by Crippen LogP contribution is 2.24. The molecule has 114 valence electrons. The summed E-state index contributed by atoms with van der Waals surface area (Å²) in [6.45, 7) is 5.42. The van der Waals surface area contributed by atoms with E-state index in [0.717, 1.165) is 49.0 Å². The van der Waals surface area contributed by atoms with Gasteiger partial charge in [0.05, 0.1) is 0 Å². The van der Waals surface area contributed by atoms with Crippen LogP contribution in [0.4, 0.5) is 0 Å². The minimum atomic E-state index is -0.733. The molecule has 1 amide bonds. The molecule has 0 aliphatic carbocycles. The normalized spacial score (nSPS) is 16.0. The van der Waals surface area contributed by atoms with Gasteiger partial charge in [-0.1, -0.05) is 17.7 Å². The van der Waals surface area contributed by atoms with E-state index in [-0.39, 0.29) is 12.3 Å². The Morgan fingerprint density at radius 3 is 2.52 bits per heavy atom. The lowest BCUT2D eigenvalue weighted by Gasteiger charge is -2.32. The molecule has 0 unspecified atom stereocenters. The number of carbonyl (C=O) groups is 2. The first kappa shape index (κ1) is 15.5. The summed E-state index contributed by atoms with van der Waals surface area (Å²) < 4.78 is 0. The van der Waals surface area contributed by atoms with E-state index < -0.39 is 5.97 Å². The average molecular weight is 289 g/mol. The first-order valence-electron chi connectivity index (χ1n) is 7.55. The lowest BCUT2D eigenvalue weighted by Crippen LogP contribution is -2.38. The Labute approximate surface area is 125 Å². The van der Waals surface area contributed by atoms with E-state index >= 15 is 0 Å². The van der Waals surface area contributed by atoms with Gasteiger partial charge in [0, 0.05) is 25.1 Å². The third-order valence-corrected chi connectivity index (χ3v) is 4.29. The van der Waals surface area contributed by atoms with Gasteiger partial charge in [-0.2, -0.15) is 0 Å². The van der Waals surface area contributed by atoms with Crippen molar-refractivity contribution < 1.29 is 14.7 Å². The SMILES string of the molecule is Cc1ccc(C)c(C(=O)N2CCC(CCC(=O)O)CC2)c1. The number of amides is 1. The quantitative estimate of drug-likeness (QED) is 0.927. The number of carboxylic acid groups (broad SMARTS) is 1. The Hall–Kier alpha value is -1.84. The highest BCUT2D eigenvalue weighted by Gasteiger charge is 2.24. The van der Waals surface area contributed by atoms with Crippen molar-refractivity contribution in [3.8, 4) is 0 Å². The van der Waals surface area contributed by atoms with E-state index in [4.69, 9.17) is 5.11 Å². The van der Waals surface area contributed by atoms with Gasteiger partial charge in [-0.05, 0) is 50.7 Å². The molecule has 21 heavy (non-hydrogen) atoms. The van der Waals surface area contributed by atoms with Crippen molar-refractivity contribution in [2.45, 2.75) is 39.5 Å². The largest absolute Gasteiger partial charge is 0.481 e. The molecule has 0 atom stereocenters. The molecule has 1 aromatic rings. The minimum absolute atomic E-state index is 0.105. The van der Waals surface area contributed by atoms with Crippen LogP contribution in [0.5, 0.6) is 0 Å². The summed E-state index contributed by atoms with van der Waals surface area (Å²) in [4.78, 5) is 25.1. The van der Waals surface area contributed by atoms with Crippen LogP contribution in [0.1, 0.15) is 47.2 Å². The van der Waals surface area contributed by atoms with E-state index in [2.05, 4.69) is 0 Å². The van der Waals surface area contributed by atoms with Gasteiger partial charge in [0.15, 0.2) is 0 Å². The molecule has 1 saturated heterocycles. The number of hydrogen-bond acceptors (Lipinski definition) is 2. The second-order valence-electron chi connectivity index (χ2n) is 5.99. The summed E-state index contributed by atoms with van der Waals surface area (Å²) in [5.41, 5.74) is 2.90. The Bertz CT molecular complexity index is 531. The number of hydrogen-bond donors (Lipinski definition) is 1. The number of benzene rings is 1. The number of rotatable bonds is 4. The number of nitrogens with zero attached hydrogens (tertiary/aromatic N) is 1. The molecule has 1 aliphatic heterocycles. The summed E-state index contributed by atoms with van der Waals surface area (Å²) in [6, 6.07) is 5.96. The van der Waals surface area contributed by atoms with Crippen molar-refractivity contribution in [2.75, 3.05) is 13.1 Å². The first-order valence-corrected chi connectivity index (χ1v) is 7.55. The second-order valence-corrected chi connectivity index (χ2v) is 5.99. The summed E-state index contributed by atoms with van der Waals surface area (Å²) in [5.74, 6) is -0.194. The molecule has 1 fully saturated rings. The zero-order valence-electron chi connectivity index (χ0n) is 12.8. The smallest absolute Gasteiger partial charge is 0.303 e. The second kappa shape index (κ2) is 6.74. The average Bonchev–Trinajstić information content (AvgIpc) is 2.47. The molecule has 4 heteroatoms. The van der Waals surface area contributed by atoms with Gasteiger partial charge < -0.3 is 10.0 Å². The number of carboxylic acids is 1. The summed E-state index contributed by atoms with van der Waals surface area (Å²) >= 11 is 0. The van der Waals surface area contributed by atoms with Gasteiger partial charge in [0.2, 0.25) is 0 Å². The molecule has 0 radical (unpaired) electrons. The number of carbonyl (C=O) groups excluding carboxylic acids is 1. The molecule has 1 aliphatic rings. The number of aliphatic carboxylic acids is 1. The lowest BCUT2D eigenvalue weighted by atomic mass is 9.91. The third kappa shape index (κ3) is 4.06. The molecular weight excluding hydrogens is 266 g/mol. The lowest BCUT2D eigenvalue weighted by molar-refractivity contribution is -0.137. The highest BCUT2D eigenvalue weighted by atomic mass is 16.4. The molecule has 0 spiro atoms. The standard InChI is InChI=1S/C17H23NO3/c1-12-3-4-13(2)15(11-12)17(21)18-9-7-14(8-10-18)5-6-16(19)20/h3-4,11,14H,5-10H2,1-2H3,(H,19,20). The minimum Gasteiger partial charge on any atom is -0.481 e. The fourth-order valence-electron chi connectivity index (χ4n) is 2.89. The predicted octanol–water partition coefficient (Wildman–Crippen LogP) is 3.02. The van der Waals surface area contributed by atoms with Gasteiger partial charge in [-0.25, -0.2) is 0 Å². The predicted molar refractivity (Wildman–Crippen MR) is 81.4 cm³/mol. The first-order chi connectivity index (χ1) is 9.97. The Kier molecular flexibility index (Phi) is 4.99. The van der Waals surface area contributed by atoms with Crippen LogP contribution in [0, 0.1) is 19.8 Å². The van der Waals surface area contributed by atoms with Gasteiger partial charge >= 0.3 is 5.97 Å². The van der Waals surface area contributed by atoms with Crippen LogP contribution in [-0.4, -0.2) is 35.0 Å². The van der Waals surface area contributed by atoms with Gasteiger partial charge in [-0.3, -0.25) is 9.59 Å². The van der Waals surface area contributed by atoms with Gasteiger partial charge in [0.1, 0.15) is 0 Å². The molecular formula is C17H23NO3. The highest BCUT2D eigenvalue weighted by molar-refractivity contribution is 5.95. The zero-order valence-corrected chi connectivity index (χ0v) is 12.8. The molecule has 1 heterocycles. The van der Waals surface area contributed by atoms with Crippen LogP contribution in [0.15, 0.2) is 18.2 Å². The summed E-state index contributed by atoms with van der Waals surface area (Å²) in [6.07, 6.45) is 2.77. The fraction of sp³-hybridized carbons (Fsp3) is 0.529. The van der Waals surface area contributed by atoms with Crippen LogP contribution in [-0.2, 0) is 4.79 Å². The Morgan fingerprint density at radius 2 is 1.90 bits per heavy atom. The fourth-order valence-corrected chi connectivity index (χ4v) is 2.89. The zero-order chi connectivity index (χ0) is 15.4. The Balaban J connectivity index is 1.94. The van der Waals surface area contributed by atoms with Gasteiger partial charge in [-0.15, -0.1) is 0 Å². The molecule has 1 N–H and O–H groups in total. The number of aryl methyl sites for hydroxylation is 2. The Morgan fingerprint density at radius 1 is 1.24 bits per heavy atom. The van der Waals surface area contributed by atoms with Crippen LogP contribution >= 0.6 is 0 Å². The van der Waals surface area contributed by atoms with Crippen molar-refractivity contribution in [3.63, 3.8) is 0 Å². The van der Waals surface area contributed by atoms with Crippen LogP contribution in [0.2, 0.25) is 0 Å². The molecule has 4 nitrogen and oxygen atoms in total. The van der Waals surface area contributed by atoms with Crippen molar-refractivity contribution in [1.29, 1.82) is 0 Å². The molecule has 1 aromatic carbocycles. The maximum Gasteiger partial charge on any atom is 0.303 e. The van der Waals surface area contributed by atoms with Crippen molar-refractivity contribution in [1.82, 2.24) is 4.90 Å². The molecule has 0 saturated carbocycles. The third-order valence-electron chi connectivity index (χ3n) is 4.29. The molecule has 0 bridgehead atoms. The van der Waals surface area contributed by atoms with E-state index in [9.17, 15) is 9.59 Å². The monoisotopic (exact) mass is 289 g/mol. The van der Waals surface area contributed by atoms with E-state index in [1.807, 2.05) is 36.9 Å². The summed E-state index contributed by atoms with van der Waals surface area (Å²) in [5, 5.41) is 8.72. The van der Waals surface area contributed by atoms with Crippen molar-refractivity contribution in [2.24, 2.45) is 5.92 Å². The maximum absolute atomic E-state index is 12.6. The van der Waals surface area contributed by atoms with E-state index in [1.165, 1.54) is 0 Å². The van der Waals surface area contributed by atoms with Crippen molar-refractivity contribution >= 4 is 11.9 Å². The summed E-state index contributed by atoms with van der Waals surface area (Å²) in [7, 11) is 0. The number of likely N-dealkylation sites (tertiary alicyclic amines) is 1. The topological polar surface area (TPSA) is 57.6 Å².